The normalized spacial score (nSPS) is 25.1. The molecule has 6 rings (SSSR count). The van der Waals surface area contributed by atoms with E-state index >= 15 is 0 Å². The molecule has 3 aromatic rings. The predicted molar refractivity (Wildman–Crippen MR) is 134 cm³/mol. The van der Waals surface area contributed by atoms with Crippen LogP contribution >= 0.6 is 11.6 Å². The van der Waals surface area contributed by atoms with Crippen LogP contribution in [-0.4, -0.2) is 84.0 Å². The molecule has 2 saturated heterocycles. The molecule has 2 atom stereocenters. The van der Waals surface area contributed by atoms with Crippen LogP contribution in [0.5, 0.6) is 0 Å². The Morgan fingerprint density at radius 1 is 1.06 bits per heavy atom. The van der Waals surface area contributed by atoms with Gasteiger partial charge in [-0.3, -0.25) is 14.5 Å². The predicted octanol–water partition coefficient (Wildman–Crippen LogP) is 3.19. The average Bonchev–Trinajstić information content (AvgIpc) is 3.28. The lowest BCUT2D eigenvalue weighted by atomic mass is 9.76. The first-order valence-electron chi connectivity index (χ1n) is 12.2. The van der Waals surface area contributed by atoms with Crippen LogP contribution in [0.1, 0.15) is 29.7 Å². The number of carbonyl (C=O) groups is 2. The summed E-state index contributed by atoms with van der Waals surface area (Å²) in [5.74, 6) is -0.0896. The van der Waals surface area contributed by atoms with E-state index in [9.17, 15) is 9.59 Å². The molecule has 0 radical (unpaired) electrons. The van der Waals surface area contributed by atoms with Gasteiger partial charge in [0.1, 0.15) is 0 Å². The Balaban J connectivity index is 1.42. The molecule has 0 aliphatic carbocycles. The first kappa shape index (κ1) is 22.6. The van der Waals surface area contributed by atoms with Crippen LogP contribution in [0, 0.1) is 0 Å². The third kappa shape index (κ3) is 3.64. The number of para-hydroxylation sites is 1. The Kier molecular flexibility index (Phi) is 5.59. The lowest BCUT2D eigenvalue weighted by molar-refractivity contribution is -0.166. The topological polar surface area (TPSA) is 68.9 Å². The van der Waals surface area contributed by atoms with Crippen molar-refractivity contribution in [3.8, 4) is 0 Å². The summed E-state index contributed by atoms with van der Waals surface area (Å²) in [6, 6.07) is 15.9. The maximum Gasteiger partial charge on any atom is 0.254 e. The SMILES string of the molecule is C[C@]12C(=O)N(CCN3CCOCC3)CC(=O)N1C[C@@H](c1ccc(Cl)cc1)c1c2[nH]c2ccccc12. The van der Waals surface area contributed by atoms with Crippen molar-refractivity contribution >= 4 is 34.3 Å². The Hall–Kier alpha value is -2.87. The number of nitrogens with zero attached hydrogens (tertiary/aromatic N) is 3. The van der Waals surface area contributed by atoms with E-state index in [-0.39, 0.29) is 24.3 Å². The monoisotopic (exact) mass is 492 g/mol. The fourth-order valence-electron chi connectivity index (χ4n) is 5.94. The van der Waals surface area contributed by atoms with Crippen molar-refractivity contribution in [3.63, 3.8) is 0 Å². The third-order valence-electron chi connectivity index (χ3n) is 7.88. The molecule has 3 aliphatic rings. The van der Waals surface area contributed by atoms with E-state index in [0.717, 1.165) is 47.4 Å². The van der Waals surface area contributed by atoms with Gasteiger partial charge in [0.05, 0.1) is 25.5 Å². The molecular formula is C27H29ClN4O3. The molecule has 2 fully saturated rings. The van der Waals surface area contributed by atoms with Crippen LogP contribution in [0.3, 0.4) is 0 Å². The minimum absolute atomic E-state index is 0.0163. The van der Waals surface area contributed by atoms with Crippen molar-refractivity contribution in [2.24, 2.45) is 0 Å². The number of ether oxygens (including phenoxy) is 1. The first-order chi connectivity index (χ1) is 17.0. The summed E-state index contributed by atoms with van der Waals surface area (Å²) in [6.07, 6.45) is 0. The second-order valence-corrected chi connectivity index (χ2v) is 10.3. The number of hydrogen-bond acceptors (Lipinski definition) is 4. The minimum atomic E-state index is -1.07. The van der Waals surface area contributed by atoms with Crippen molar-refractivity contribution in [2.45, 2.75) is 18.4 Å². The highest BCUT2D eigenvalue weighted by atomic mass is 35.5. The molecule has 0 unspecified atom stereocenters. The zero-order valence-corrected chi connectivity index (χ0v) is 20.6. The number of H-pyrrole nitrogens is 1. The molecule has 4 heterocycles. The Labute approximate surface area is 209 Å². The van der Waals surface area contributed by atoms with Gasteiger partial charge >= 0.3 is 0 Å². The van der Waals surface area contributed by atoms with Crippen LogP contribution in [0.4, 0.5) is 0 Å². The van der Waals surface area contributed by atoms with Gasteiger partial charge in [0.15, 0.2) is 5.54 Å². The lowest BCUT2D eigenvalue weighted by Gasteiger charge is -2.51. The maximum atomic E-state index is 14.1. The van der Waals surface area contributed by atoms with E-state index in [0.29, 0.717) is 31.3 Å². The van der Waals surface area contributed by atoms with E-state index in [4.69, 9.17) is 16.3 Å². The summed E-state index contributed by atoms with van der Waals surface area (Å²) < 4.78 is 5.44. The van der Waals surface area contributed by atoms with E-state index < -0.39 is 5.54 Å². The van der Waals surface area contributed by atoms with E-state index in [1.54, 1.807) is 9.80 Å². The maximum absolute atomic E-state index is 14.1. The number of aromatic nitrogens is 1. The summed E-state index contributed by atoms with van der Waals surface area (Å²) >= 11 is 6.17. The number of nitrogens with one attached hydrogen (secondary N) is 1. The van der Waals surface area contributed by atoms with E-state index in [1.807, 2.05) is 49.4 Å². The summed E-state index contributed by atoms with van der Waals surface area (Å²) in [5.41, 5.74) is 2.90. The number of carbonyl (C=O) groups excluding carboxylic acids is 2. The van der Waals surface area contributed by atoms with Crippen molar-refractivity contribution in [2.75, 3.05) is 52.5 Å². The van der Waals surface area contributed by atoms with Gasteiger partial charge in [-0.25, -0.2) is 0 Å². The molecule has 3 aliphatic heterocycles. The molecule has 2 aromatic carbocycles. The quantitative estimate of drug-likeness (QED) is 0.607. The highest BCUT2D eigenvalue weighted by Crippen LogP contribution is 2.48. The molecule has 8 heteroatoms. The van der Waals surface area contributed by atoms with Gasteiger partial charge in [-0.2, -0.15) is 0 Å². The van der Waals surface area contributed by atoms with Crippen molar-refractivity contribution < 1.29 is 14.3 Å². The van der Waals surface area contributed by atoms with Crippen LogP contribution in [-0.2, 0) is 19.9 Å². The number of piperazine rings is 1. The second kappa shape index (κ2) is 8.66. The number of morpholine rings is 1. The van der Waals surface area contributed by atoms with Crippen molar-refractivity contribution in [3.05, 3.63) is 70.4 Å². The van der Waals surface area contributed by atoms with Gasteiger partial charge < -0.3 is 19.5 Å². The summed E-state index contributed by atoms with van der Waals surface area (Å²) in [7, 11) is 0. The second-order valence-electron chi connectivity index (χ2n) is 9.82. The fourth-order valence-corrected chi connectivity index (χ4v) is 6.06. The summed E-state index contributed by atoms with van der Waals surface area (Å²) in [6.45, 7) is 6.88. The number of aromatic amines is 1. The molecule has 0 bridgehead atoms. The average molecular weight is 493 g/mol. The summed E-state index contributed by atoms with van der Waals surface area (Å²) in [4.78, 5) is 37.0. The summed E-state index contributed by atoms with van der Waals surface area (Å²) in [5, 5.41) is 1.77. The highest BCUT2D eigenvalue weighted by Gasteiger charge is 2.56. The number of benzene rings is 2. The van der Waals surface area contributed by atoms with E-state index in [2.05, 4.69) is 16.0 Å². The van der Waals surface area contributed by atoms with Gasteiger partial charge in [-0.05, 0) is 36.2 Å². The standard InChI is InChI=1S/C27H29ClN4O3/c1-27-25-24(20-4-2-3-5-22(20)29-25)21(18-6-8-19(28)9-7-18)16-32(27)23(33)17-31(26(27)34)11-10-30-12-14-35-15-13-30/h2-9,21,29H,10-17H2,1H3/t21-,27-/m0/s1. The van der Waals surface area contributed by atoms with Crippen molar-refractivity contribution in [1.82, 2.24) is 19.7 Å². The largest absolute Gasteiger partial charge is 0.379 e. The Morgan fingerprint density at radius 3 is 2.57 bits per heavy atom. The molecular weight excluding hydrogens is 464 g/mol. The molecule has 35 heavy (non-hydrogen) atoms. The molecule has 7 nitrogen and oxygen atoms in total. The first-order valence-corrected chi connectivity index (χ1v) is 12.6. The number of fused-ring (bicyclic) bond motifs is 5. The third-order valence-corrected chi connectivity index (χ3v) is 8.13. The molecule has 1 aromatic heterocycles. The fraction of sp³-hybridized carbons (Fsp3) is 0.407. The van der Waals surface area contributed by atoms with Gasteiger partial charge in [0.25, 0.3) is 5.91 Å². The smallest absolute Gasteiger partial charge is 0.254 e. The Morgan fingerprint density at radius 2 is 1.80 bits per heavy atom. The molecule has 2 amide bonds. The van der Waals surface area contributed by atoms with Gasteiger partial charge in [0.2, 0.25) is 5.91 Å². The molecule has 182 valence electrons. The number of amides is 2. The number of halogens is 1. The van der Waals surface area contributed by atoms with Crippen molar-refractivity contribution in [1.29, 1.82) is 0 Å². The van der Waals surface area contributed by atoms with Gasteiger partial charge in [-0.1, -0.05) is 41.9 Å². The lowest BCUT2D eigenvalue weighted by Crippen LogP contribution is -2.68. The molecule has 1 N–H and O–H groups in total. The van der Waals surface area contributed by atoms with Crippen LogP contribution in [0.15, 0.2) is 48.5 Å². The van der Waals surface area contributed by atoms with Crippen LogP contribution in [0.25, 0.3) is 10.9 Å². The number of rotatable bonds is 4. The minimum Gasteiger partial charge on any atom is -0.379 e. The zero-order chi connectivity index (χ0) is 24.2. The Bertz CT molecular complexity index is 1280. The van der Waals surface area contributed by atoms with E-state index in [1.165, 1.54) is 0 Å². The molecule has 0 saturated carbocycles. The van der Waals surface area contributed by atoms with Crippen LogP contribution in [0.2, 0.25) is 5.02 Å². The van der Waals surface area contributed by atoms with Gasteiger partial charge in [0, 0.05) is 54.6 Å². The zero-order valence-electron chi connectivity index (χ0n) is 19.8. The number of hydrogen-bond donors (Lipinski definition) is 1. The molecule has 0 spiro atoms. The highest BCUT2D eigenvalue weighted by molar-refractivity contribution is 6.30. The van der Waals surface area contributed by atoms with Gasteiger partial charge in [-0.15, -0.1) is 0 Å². The van der Waals surface area contributed by atoms with Crippen LogP contribution < -0.4 is 0 Å².